The van der Waals surface area contributed by atoms with Gasteiger partial charge in [0.2, 0.25) is 6.79 Å². The molecule has 1 amide bonds. The summed E-state index contributed by atoms with van der Waals surface area (Å²) >= 11 is 0. The molecule has 1 unspecified atom stereocenters. The molecule has 2 aromatic carbocycles. The number of hydrogen-bond acceptors (Lipinski definition) is 4. The standard InChI is InChI=1S/C34H40N2O3/c37-33(25-7-3-1-4-8-25)35-18-15-34(16-19-35,28-9-5-2-6-10-28)17-20-36-29-12-13-30(36)22-27(21-29)26-11-14-31-32(23-26)39-24-38-31/h1-10,14,23,26-27,29-30H,11-13,15-22,24H2/t26?,27-,29+,30-. The summed E-state index contributed by atoms with van der Waals surface area (Å²) in [4.78, 5) is 18.1. The highest BCUT2D eigenvalue weighted by Gasteiger charge is 2.45. The highest BCUT2D eigenvalue weighted by atomic mass is 16.7. The van der Waals surface area contributed by atoms with Crippen molar-refractivity contribution in [2.75, 3.05) is 26.4 Å². The van der Waals surface area contributed by atoms with E-state index in [0.29, 0.717) is 24.8 Å². The Kier molecular flexibility index (Phi) is 6.72. The predicted molar refractivity (Wildman–Crippen MR) is 152 cm³/mol. The Labute approximate surface area is 232 Å². The largest absolute Gasteiger partial charge is 0.454 e. The van der Waals surface area contributed by atoms with E-state index in [1.165, 1.54) is 37.7 Å². The lowest BCUT2D eigenvalue weighted by Gasteiger charge is -2.46. The second-order valence-corrected chi connectivity index (χ2v) is 12.3. The Bertz CT molecular complexity index is 1220. The fraction of sp³-hybridized carbons (Fsp3) is 0.500. The molecule has 39 heavy (non-hydrogen) atoms. The van der Waals surface area contributed by atoms with Gasteiger partial charge in [-0.2, -0.15) is 0 Å². The Morgan fingerprint density at radius 3 is 2.26 bits per heavy atom. The maximum Gasteiger partial charge on any atom is 0.253 e. The molecule has 4 fully saturated rings. The topological polar surface area (TPSA) is 42.0 Å². The van der Waals surface area contributed by atoms with Gasteiger partial charge in [0.15, 0.2) is 11.5 Å². The second-order valence-electron chi connectivity index (χ2n) is 12.3. The summed E-state index contributed by atoms with van der Waals surface area (Å²) in [7, 11) is 0. The van der Waals surface area contributed by atoms with E-state index in [2.05, 4.69) is 52.3 Å². The van der Waals surface area contributed by atoms with Gasteiger partial charge in [0.1, 0.15) is 0 Å². The van der Waals surface area contributed by atoms with Crippen molar-refractivity contribution in [1.82, 2.24) is 9.80 Å². The molecule has 5 aliphatic rings. The van der Waals surface area contributed by atoms with Gasteiger partial charge in [0, 0.05) is 30.7 Å². The summed E-state index contributed by atoms with van der Waals surface area (Å²) in [5.74, 6) is 3.42. The van der Waals surface area contributed by atoms with Crippen LogP contribution in [-0.4, -0.2) is 54.2 Å². The quantitative estimate of drug-likeness (QED) is 0.446. The van der Waals surface area contributed by atoms with Crippen LogP contribution >= 0.6 is 0 Å². The minimum atomic E-state index is 0.139. The maximum absolute atomic E-state index is 13.2. The van der Waals surface area contributed by atoms with Gasteiger partial charge < -0.3 is 14.4 Å². The molecule has 4 saturated heterocycles. The Balaban J connectivity index is 1.02. The van der Waals surface area contributed by atoms with Gasteiger partial charge in [-0.3, -0.25) is 9.69 Å². The average Bonchev–Trinajstić information content (AvgIpc) is 3.56. The lowest BCUT2D eigenvalue weighted by molar-refractivity contribution is 0.0571. The molecule has 0 aromatic heterocycles. The van der Waals surface area contributed by atoms with E-state index >= 15 is 0 Å². The van der Waals surface area contributed by atoms with Crippen molar-refractivity contribution >= 4 is 5.91 Å². The third kappa shape index (κ3) is 4.80. The smallest absolute Gasteiger partial charge is 0.253 e. The summed E-state index contributed by atoms with van der Waals surface area (Å²) in [6.45, 7) is 3.19. The van der Waals surface area contributed by atoms with Crippen LogP contribution in [0.3, 0.4) is 0 Å². The molecule has 4 atom stereocenters. The SMILES string of the molecule is O=C(c1ccccc1)N1CCC(CCN2[C@@H]3CC[C@H]2C[C@@H](C2C=C4OCOC4=CC2)C3)(c2ccccc2)CC1. The van der Waals surface area contributed by atoms with Gasteiger partial charge in [-0.05, 0) is 105 Å². The zero-order valence-corrected chi connectivity index (χ0v) is 22.8. The number of nitrogens with zero attached hydrogens (tertiary/aromatic N) is 2. The number of ether oxygens (including phenoxy) is 2. The highest BCUT2D eigenvalue weighted by Crippen LogP contribution is 2.46. The number of hydrogen-bond donors (Lipinski definition) is 0. The lowest BCUT2D eigenvalue weighted by atomic mass is 9.70. The first-order valence-corrected chi connectivity index (χ1v) is 15.0. The normalized spacial score (nSPS) is 29.6. The molecule has 2 bridgehead atoms. The first-order valence-electron chi connectivity index (χ1n) is 15.0. The van der Waals surface area contributed by atoms with Crippen LogP contribution in [0, 0.1) is 11.8 Å². The van der Waals surface area contributed by atoms with Crippen molar-refractivity contribution in [3.8, 4) is 0 Å². The van der Waals surface area contributed by atoms with E-state index in [9.17, 15) is 4.79 Å². The Morgan fingerprint density at radius 1 is 0.872 bits per heavy atom. The summed E-state index contributed by atoms with van der Waals surface area (Å²) in [5.41, 5.74) is 2.39. The lowest BCUT2D eigenvalue weighted by Crippen LogP contribution is -2.49. The highest BCUT2D eigenvalue weighted by molar-refractivity contribution is 5.94. The summed E-state index contributed by atoms with van der Waals surface area (Å²) in [6, 6.07) is 22.3. The van der Waals surface area contributed by atoms with E-state index in [1.54, 1.807) is 0 Å². The van der Waals surface area contributed by atoms with Crippen LogP contribution in [0.5, 0.6) is 0 Å². The average molecular weight is 525 g/mol. The molecular formula is C34H40N2O3. The maximum atomic E-state index is 13.2. The van der Waals surface area contributed by atoms with Crippen LogP contribution in [0.4, 0.5) is 0 Å². The van der Waals surface area contributed by atoms with Crippen LogP contribution in [0.2, 0.25) is 0 Å². The zero-order chi connectivity index (χ0) is 26.2. The third-order valence-electron chi connectivity index (χ3n) is 10.4. The molecular weight excluding hydrogens is 484 g/mol. The number of likely N-dealkylation sites (tertiary alicyclic amines) is 1. The Morgan fingerprint density at radius 2 is 1.54 bits per heavy atom. The molecule has 7 rings (SSSR count). The van der Waals surface area contributed by atoms with E-state index in [1.807, 2.05) is 30.3 Å². The molecule has 204 valence electrons. The molecule has 1 aliphatic carbocycles. The molecule has 4 heterocycles. The van der Waals surface area contributed by atoms with Crippen molar-refractivity contribution in [2.24, 2.45) is 11.8 Å². The fourth-order valence-electron chi connectivity index (χ4n) is 8.17. The summed E-state index contributed by atoms with van der Waals surface area (Å²) in [5, 5.41) is 0. The molecule has 2 aromatic rings. The van der Waals surface area contributed by atoms with Crippen LogP contribution in [0.1, 0.15) is 67.3 Å². The van der Waals surface area contributed by atoms with Gasteiger partial charge in [-0.15, -0.1) is 0 Å². The van der Waals surface area contributed by atoms with Crippen molar-refractivity contribution in [2.45, 2.75) is 68.9 Å². The molecule has 4 aliphatic heterocycles. The van der Waals surface area contributed by atoms with E-state index < -0.39 is 0 Å². The number of rotatable bonds is 6. The number of benzene rings is 2. The summed E-state index contributed by atoms with van der Waals surface area (Å²) < 4.78 is 11.3. The number of piperidine rings is 2. The first kappa shape index (κ1) is 25.0. The van der Waals surface area contributed by atoms with Crippen LogP contribution < -0.4 is 0 Å². The van der Waals surface area contributed by atoms with E-state index in [-0.39, 0.29) is 11.3 Å². The second kappa shape index (κ2) is 10.5. The van der Waals surface area contributed by atoms with Crippen LogP contribution in [0.25, 0.3) is 0 Å². The summed E-state index contributed by atoms with van der Waals surface area (Å²) in [6.07, 6.45) is 14.2. The molecule has 0 radical (unpaired) electrons. The van der Waals surface area contributed by atoms with Crippen LogP contribution in [0.15, 0.2) is 84.3 Å². The minimum absolute atomic E-state index is 0.139. The number of fused-ring (bicyclic) bond motifs is 3. The van der Waals surface area contributed by atoms with Gasteiger partial charge in [0.05, 0.1) is 0 Å². The first-order chi connectivity index (χ1) is 19.2. The van der Waals surface area contributed by atoms with Gasteiger partial charge in [-0.25, -0.2) is 0 Å². The number of amides is 1. The minimum Gasteiger partial charge on any atom is -0.454 e. The van der Waals surface area contributed by atoms with Gasteiger partial charge in [0.25, 0.3) is 5.91 Å². The zero-order valence-electron chi connectivity index (χ0n) is 22.8. The van der Waals surface area contributed by atoms with Gasteiger partial charge in [-0.1, -0.05) is 48.5 Å². The van der Waals surface area contributed by atoms with Gasteiger partial charge >= 0.3 is 0 Å². The predicted octanol–water partition coefficient (Wildman–Crippen LogP) is 6.29. The third-order valence-corrected chi connectivity index (χ3v) is 10.4. The van der Waals surface area contributed by atoms with Crippen molar-refractivity contribution in [3.05, 3.63) is 95.5 Å². The fourth-order valence-corrected chi connectivity index (χ4v) is 8.17. The Hall–Kier alpha value is -3.05. The van der Waals surface area contributed by atoms with E-state index in [0.717, 1.165) is 61.9 Å². The molecule has 0 spiro atoms. The van der Waals surface area contributed by atoms with Crippen molar-refractivity contribution in [3.63, 3.8) is 0 Å². The number of carbonyl (C=O) groups is 1. The van der Waals surface area contributed by atoms with Crippen LogP contribution in [-0.2, 0) is 14.9 Å². The van der Waals surface area contributed by atoms with E-state index in [4.69, 9.17) is 9.47 Å². The monoisotopic (exact) mass is 524 g/mol. The molecule has 0 saturated carbocycles. The molecule has 5 heteroatoms. The van der Waals surface area contributed by atoms with Crippen molar-refractivity contribution < 1.29 is 14.3 Å². The van der Waals surface area contributed by atoms with Crippen molar-refractivity contribution in [1.29, 1.82) is 0 Å². The number of allylic oxidation sites excluding steroid dienone is 2. The molecule has 5 nitrogen and oxygen atoms in total. The number of carbonyl (C=O) groups excluding carboxylic acids is 1. The molecule has 0 N–H and O–H groups in total.